The molecule has 3 atom stereocenters. The Hall–Kier alpha value is -1.09. The zero-order valence-corrected chi connectivity index (χ0v) is 13.7. The van der Waals surface area contributed by atoms with Crippen LogP contribution in [0, 0.1) is 17.8 Å². The zero-order chi connectivity index (χ0) is 15.2. The maximum absolute atomic E-state index is 6.02. The minimum Gasteiger partial charge on any atom is -0.492 e. The van der Waals surface area contributed by atoms with Crippen molar-refractivity contribution >= 4 is 0 Å². The lowest BCUT2D eigenvalue weighted by molar-refractivity contribution is 0.197. The average Bonchev–Trinajstić information content (AvgIpc) is 2.52. The Bertz CT molecular complexity index is 433. The third-order valence-electron chi connectivity index (χ3n) is 4.91. The van der Waals surface area contributed by atoms with E-state index in [9.17, 15) is 0 Å². The van der Waals surface area contributed by atoms with Crippen LogP contribution < -0.4 is 10.5 Å². The second-order valence-corrected chi connectivity index (χ2v) is 6.72. The molecule has 1 fully saturated rings. The van der Waals surface area contributed by atoms with Crippen LogP contribution in [0.1, 0.15) is 57.9 Å². The van der Waals surface area contributed by atoms with E-state index >= 15 is 0 Å². The molecule has 0 aliphatic heterocycles. The molecule has 118 valence electrons. The maximum Gasteiger partial charge on any atom is 0.137 e. The number of nitrogens with zero attached hydrogens (tertiary/aromatic N) is 1. The SMILES string of the molecule is CCCOc1cncc(C2CC(C(C)C)CCC2CN)c1. The molecule has 0 bridgehead atoms. The standard InChI is InChI=1S/C18H30N2O/c1-4-7-21-17-8-16(11-20-12-17)18-9-14(13(2)3)5-6-15(18)10-19/h8,11-15,18H,4-7,9-10,19H2,1-3H3. The van der Waals surface area contributed by atoms with Crippen molar-refractivity contribution in [1.29, 1.82) is 0 Å². The van der Waals surface area contributed by atoms with Gasteiger partial charge in [-0.3, -0.25) is 4.98 Å². The van der Waals surface area contributed by atoms with E-state index in [-0.39, 0.29) is 0 Å². The molecule has 0 saturated heterocycles. The minimum atomic E-state index is 0.536. The summed E-state index contributed by atoms with van der Waals surface area (Å²) < 4.78 is 5.74. The average molecular weight is 290 g/mol. The Labute approximate surface area is 129 Å². The molecule has 1 aliphatic rings. The summed E-state index contributed by atoms with van der Waals surface area (Å²) >= 11 is 0. The predicted octanol–water partition coefficient (Wildman–Crippen LogP) is 3.99. The summed E-state index contributed by atoms with van der Waals surface area (Å²) in [6.07, 6.45) is 8.64. The van der Waals surface area contributed by atoms with Crippen molar-refractivity contribution in [3.63, 3.8) is 0 Å². The first-order valence-electron chi connectivity index (χ1n) is 8.43. The van der Waals surface area contributed by atoms with Crippen LogP contribution >= 0.6 is 0 Å². The number of ether oxygens (including phenoxy) is 1. The zero-order valence-electron chi connectivity index (χ0n) is 13.7. The molecule has 1 aromatic heterocycles. The fraction of sp³-hybridized carbons (Fsp3) is 0.722. The molecular formula is C18H30N2O. The van der Waals surface area contributed by atoms with Crippen molar-refractivity contribution in [3.8, 4) is 5.75 Å². The van der Waals surface area contributed by atoms with E-state index in [1.54, 1.807) is 0 Å². The van der Waals surface area contributed by atoms with E-state index in [0.717, 1.165) is 37.2 Å². The van der Waals surface area contributed by atoms with Gasteiger partial charge in [-0.1, -0.05) is 20.8 Å². The van der Waals surface area contributed by atoms with Gasteiger partial charge < -0.3 is 10.5 Å². The topological polar surface area (TPSA) is 48.1 Å². The lowest BCUT2D eigenvalue weighted by Gasteiger charge is -2.37. The van der Waals surface area contributed by atoms with Gasteiger partial charge in [0.05, 0.1) is 12.8 Å². The van der Waals surface area contributed by atoms with Crippen molar-refractivity contribution in [3.05, 3.63) is 24.0 Å². The van der Waals surface area contributed by atoms with Gasteiger partial charge in [0, 0.05) is 6.20 Å². The predicted molar refractivity (Wildman–Crippen MR) is 87.5 cm³/mol. The lowest BCUT2D eigenvalue weighted by Crippen LogP contribution is -2.30. The second-order valence-electron chi connectivity index (χ2n) is 6.72. The highest BCUT2D eigenvalue weighted by Crippen LogP contribution is 2.43. The quantitative estimate of drug-likeness (QED) is 0.862. The van der Waals surface area contributed by atoms with Gasteiger partial charge in [-0.25, -0.2) is 0 Å². The first-order chi connectivity index (χ1) is 10.2. The van der Waals surface area contributed by atoms with Crippen molar-refractivity contribution in [1.82, 2.24) is 4.98 Å². The Morgan fingerprint density at radius 1 is 1.33 bits per heavy atom. The molecule has 3 nitrogen and oxygen atoms in total. The Morgan fingerprint density at radius 3 is 2.81 bits per heavy atom. The Kier molecular flexibility index (Phi) is 6.04. The summed E-state index contributed by atoms with van der Waals surface area (Å²) in [5, 5.41) is 0. The van der Waals surface area contributed by atoms with Crippen LogP contribution in [0.15, 0.2) is 18.5 Å². The highest BCUT2D eigenvalue weighted by atomic mass is 16.5. The van der Waals surface area contributed by atoms with Crippen LogP contribution in [-0.4, -0.2) is 18.1 Å². The van der Waals surface area contributed by atoms with Crippen LogP contribution in [0.25, 0.3) is 0 Å². The molecule has 1 saturated carbocycles. The van der Waals surface area contributed by atoms with Crippen molar-refractivity contribution in [2.75, 3.05) is 13.2 Å². The van der Waals surface area contributed by atoms with Gasteiger partial charge in [-0.15, -0.1) is 0 Å². The van der Waals surface area contributed by atoms with Gasteiger partial charge >= 0.3 is 0 Å². The molecule has 1 heterocycles. The number of rotatable bonds is 6. The van der Waals surface area contributed by atoms with E-state index in [0.29, 0.717) is 11.8 Å². The molecule has 0 radical (unpaired) electrons. The van der Waals surface area contributed by atoms with Crippen molar-refractivity contribution in [2.24, 2.45) is 23.5 Å². The Morgan fingerprint density at radius 2 is 2.14 bits per heavy atom. The number of hydrogen-bond acceptors (Lipinski definition) is 3. The third kappa shape index (κ3) is 4.19. The molecule has 0 aromatic carbocycles. The fourth-order valence-corrected chi connectivity index (χ4v) is 3.50. The van der Waals surface area contributed by atoms with Crippen molar-refractivity contribution < 1.29 is 4.74 Å². The number of nitrogens with two attached hydrogens (primary N) is 1. The molecule has 3 unspecified atom stereocenters. The summed E-state index contributed by atoms with van der Waals surface area (Å²) in [6, 6.07) is 2.18. The highest BCUT2D eigenvalue weighted by molar-refractivity contribution is 5.27. The summed E-state index contributed by atoms with van der Waals surface area (Å²) in [6.45, 7) is 8.32. The van der Waals surface area contributed by atoms with Gasteiger partial charge in [0.15, 0.2) is 0 Å². The van der Waals surface area contributed by atoms with Crippen molar-refractivity contribution in [2.45, 2.75) is 52.4 Å². The summed E-state index contributed by atoms with van der Waals surface area (Å²) in [4.78, 5) is 4.39. The number of hydrogen-bond donors (Lipinski definition) is 1. The highest BCUT2D eigenvalue weighted by Gasteiger charge is 2.32. The molecule has 2 N–H and O–H groups in total. The van der Waals surface area contributed by atoms with Gasteiger partial charge in [-0.05, 0) is 67.5 Å². The summed E-state index contributed by atoms with van der Waals surface area (Å²) in [7, 11) is 0. The number of pyridine rings is 1. The monoisotopic (exact) mass is 290 g/mol. The van der Waals surface area contributed by atoms with Gasteiger partial charge in [0.25, 0.3) is 0 Å². The van der Waals surface area contributed by atoms with E-state index in [1.807, 2.05) is 12.4 Å². The van der Waals surface area contributed by atoms with Crippen LogP contribution in [0.5, 0.6) is 5.75 Å². The van der Waals surface area contributed by atoms with E-state index in [4.69, 9.17) is 10.5 Å². The minimum absolute atomic E-state index is 0.536. The summed E-state index contributed by atoms with van der Waals surface area (Å²) in [5.41, 5.74) is 7.33. The molecule has 0 amide bonds. The van der Waals surface area contributed by atoms with Gasteiger partial charge in [0.2, 0.25) is 0 Å². The largest absolute Gasteiger partial charge is 0.492 e. The Balaban J connectivity index is 2.15. The molecule has 1 aromatic rings. The lowest BCUT2D eigenvalue weighted by atomic mass is 9.68. The molecule has 3 heteroatoms. The molecule has 0 spiro atoms. The van der Waals surface area contributed by atoms with Gasteiger partial charge in [0.1, 0.15) is 5.75 Å². The van der Waals surface area contributed by atoms with Crippen LogP contribution in [0.2, 0.25) is 0 Å². The molecular weight excluding hydrogens is 260 g/mol. The van der Waals surface area contributed by atoms with E-state index in [2.05, 4.69) is 31.8 Å². The first kappa shape index (κ1) is 16.3. The van der Waals surface area contributed by atoms with E-state index < -0.39 is 0 Å². The molecule has 2 rings (SSSR count). The number of aromatic nitrogens is 1. The maximum atomic E-state index is 6.02. The van der Waals surface area contributed by atoms with E-state index in [1.165, 1.54) is 24.8 Å². The summed E-state index contributed by atoms with van der Waals surface area (Å²) in [5.74, 6) is 3.57. The van der Waals surface area contributed by atoms with Crippen LogP contribution in [0.4, 0.5) is 0 Å². The fourth-order valence-electron chi connectivity index (χ4n) is 3.50. The third-order valence-corrected chi connectivity index (χ3v) is 4.91. The van der Waals surface area contributed by atoms with Crippen LogP contribution in [-0.2, 0) is 0 Å². The first-order valence-corrected chi connectivity index (χ1v) is 8.43. The molecule has 21 heavy (non-hydrogen) atoms. The van der Waals surface area contributed by atoms with Crippen LogP contribution in [0.3, 0.4) is 0 Å². The van der Waals surface area contributed by atoms with Gasteiger partial charge in [-0.2, -0.15) is 0 Å². The second kappa shape index (κ2) is 7.79. The molecule has 1 aliphatic carbocycles. The smallest absolute Gasteiger partial charge is 0.137 e. The normalized spacial score (nSPS) is 26.0.